The largest absolute Gasteiger partial charge is 0.482 e. The van der Waals surface area contributed by atoms with Crippen LogP contribution < -0.4 is 26.2 Å². The first-order valence-electron chi connectivity index (χ1n) is 13.3. The number of hydrogen-bond acceptors (Lipinski definition) is 7. The van der Waals surface area contributed by atoms with Crippen LogP contribution in [0, 0.1) is 11.6 Å². The first-order valence-corrected chi connectivity index (χ1v) is 13.3. The number of nitrogens with zero attached hydrogens (tertiary/aromatic N) is 1. The number of halogens is 2. The number of benzene rings is 2. The fourth-order valence-electron chi connectivity index (χ4n) is 3.68. The highest BCUT2D eigenvalue weighted by Crippen LogP contribution is 2.18. The molecule has 43 heavy (non-hydrogen) atoms. The van der Waals surface area contributed by atoms with Gasteiger partial charge < -0.3 is 25.5 Å². The van der Waals surface area contributed by atoms with Crippen LogP contribution in [0.4, 0.5) is 8.78 Å². The molecule has 2 amide bonds. The molecule has 1 heterocycles. The Morgan fingerprint density at radius 2 is 1.81 bits per heavy atom. The molecule has 0 saturated heterocycles. The van der Waals surface area contributed by atoms with Gasteiger partial charge in [0.1, 0.15) is 30.3 Å². The van der Waals surface area contributed by atoms with Crippen molar-refractivity contribution in [3.8, 4) is 5.75 Å². The van der Waals surface area contributed by atoms with Crippen molar-refractivity contribution < 1.29 is 32.6 Å². The molecule has 12 heteroatoms. The molecule has 0 spiro atoms. The molecular formula is C31H32F2N4O6. The molecule has 1 atom stereocenters. The lowest BCUT2D eigenvalue weighted by atomic mass is 10.1. The summed E-state index contributed by atoms with van der Waals surface area (Å²) in [6.07, 6.45) is 4.49. The molecule has 0 aliphatic rings. The Kier molecular flexibility index (Phi) is 11.7. The summed E-state index contributed by atoms with van der Waals surface area (Å²) in [7, 11) is 0. The van der Waals surface area contributed by atoms with Crippen molar-refractivity contribution in [1.29, 1.82) is 0 Å². The first kappa shape index (κ1) is 32.3. The van der Waals surface area contributed by atoms with Crippen LogP contribution in [0.3, 0.4) is 0 Å². The van der Waals surface area contributed by atoms with Crippen molar-refractivity contribution in [2.24, 2.45) is 0 Å². The summed E-state index contributed by atoms with van der Waals surface area (Å²) >= 11 is 0. The van der Waals surface area contributed by atoms with E-state index in [0.29, 0.717) is 18.1 Å². The fraction of sp³-hybridized carbons (Fsp3) is 0.226. The summed E-state index contributed by atoms with van der Waals surface area (Å²) in [6, 6.07) is 11.1. The number of carbonyl (C=O) groups excluding carboxylic acids is 3. The average Bonchev–Trinajstić information content (AvgIpc) is 2.99. The van der Waals surface area contributed by atoms with E-state index in [4.69, 9.17) is 9.47 Å². The molecule has 226 valence electrons. The molecule has 3 N–H and O–H groups in total. The topological polar surface area (TPSA) is 128 Å². The number of pyridine rings is 1. The number of esters is 1. The van der Waals surface area contributed by atoms with Crippen LogP contribution in [0.1, 0.15) is 45.3 Å². The third kappa shape index (κ3) is 9.12. The third-order valence-electron chi connectivity index (χ3n) is 6.00. The van der Waals surface area contributed by atoms with Gasteiger partial charge in [0.2, 0.25) is 5.43 Å². The summed E-state index contributed by atoms with van der Waals surface area (Å²) in [5, 5.41) is 5.07. The summed E-state index contributed by atoms with van der Waals surface area (Å²) < 4.78 is 39.4. The van der Waals surface area contributed by atoms with E-state index in [1.54, 1.807) is 43.3 Å². The lowest BCUT2D eigenvalue weighted by Crippen LogP contribution is -2.39. The highest BCUT2D eigenvalue weighted by Gasteiger charge is 2.27. The lowest BCUT2D eigenvalue weighted by Gasteiger charge is -2.21. The van der Waals surface area contributed by atoms with Crippen molar-refractivity contribution in [3.63, 3.8) is 0 Å². The van der Waals surface area contributed by atoms with Crippen LogP contribution in [0.5, 0.6) is 5.75 Å². The molecule has 0 bridgehead atoms. The second kappa shape index (κ2) is 15.7. The second-order valence-electron chi connectivity index (χ2n) is 9.24. The molecular weight excluding hydrogens is 562 g/mol. The van der Waals surface area contributed by atoms with Gasteiger partial charge in [0, 0.05) is 30.4 Å². The summed E-state index contributed by atoms with van der Waals surface area (Å²) in [6.45, 7) is 7.97. The van der Waals surface area contributed by atoms with Gasteiger partial charge in [0.25, 0.3) is 11.8 Å². The van der Waals surface area contributed by atoms with Crippen molar-refractivity contribution in [2.75, 3.05) is 18.6 Å². The smallest absolute Gasteiger partial charge is 0.326 e. The molecule has 0 aliphatic carbocycles. The van der Waals surface area contributed by atoms with Crippen LogP contribution in [-0.2, 0) is 22.7 Å². The fourth-order valence-corrected chi connectivity index (χ4v) is 3.68. The van der Waals surface area contributed by atoms with E-state index in [0.717, 1.165) is 23.0 Å². The van der Waals surface area contributed by atoms with Gasteiger partial charge in [-0.05, 0) is 25.0 Å². The van der Waals surface area contributed by atoms with Gasteiger partial charge in [-0.15, -0.1) is 13.2 Å². The standard InChI is InChI=1S/C31H32F2N4O6/c1-4-6-14-42-26(38)17-35-37-18-24(30(40)34-16-22-12-13-23(32)15-25(22)33)28(39)29(27(37)31(41)36-20(3)5-2)43-19-21-10-8-7-9-11-21/h4-5,7-13,15,18,20,35H,1-2,6,14,16-17,19H2,3H3,(H,34,40)(H,36,41)/t20-/m0/s1. The molecule has 10 nitrogen and oxygen atoms in total. The van der Waals surface area contributed by atoms with E-state index >= 15 is 0 Å². The Labute approximate surface area is 247 Å². The van der Waals surface area contributed by atoms with Crippen LogP contribution >= 0.6 is 0 Å². The molecule has 0 saturated carbocycles. The molecule has 0 aliphatic heterocycles. The van der Waals surface area contributed by atoms with E-state index in [-0.39, 0.29) is 31.0 Å². The number of ether oxygens (including phenoxy) is 2. The van der Waals surface area contributed by atoms with Gasteiger partial charge in [-0.2, -0.15) is 0 Å². The zero-order valence-electron chi connectivity index (χ0n) is 23.5. The quantitative estimate of drug-likeness (QED) is 0.139. The van der Waals surface area contributed by atoms with Crippen molar-refractivity contribution >= 4 is 17.8 Å². The average molecular weight is 595 g/mol. The third-order valence-corrected chi connectivity index (χ3v) is 6.00. The van der Waals surface area contributed by atoms with Crippen LogP contribution in [0.2, 0.25) is 0 Å². The van der Waals surface area contributed by atoms with Crippen LogP contribution in [0.25, 0.3) is 0 Å². The molecule has 1 aromatic heterocycles. The lowest BCUT2D eigenvalue weighted by molar-refractivity contribution is -0.141. The predicted molar refractivity (Wildman–Crippen MR) is 156 cm³/mol. The number of rotatable bonds is 15. The van der Waals surface area contributed by atoms with E-state index in [9.17, 15) is 28.0 Å². The molecule has 3 aromatic rings. The molecule has 0 radical (unpaired) electrons. The Balaban J connectivity index is 2.04. The molecule has 3 rings (SSSR count). The zero-order chi connectivity index (χ0) is 31.4. The van der Waals surface area contributed by atoms with Gasteiger partial charge in [0.15, 0.2) is 11.4 Å². The van der Waals surface area contributed by atoms with Gasteiger partial charge >= 0.3 is 5.97 Å². The maximum Gasteiger partial charge on any atom is 0.326 e. The number of nitrogens with one attached hydrogen (secondary N) is 3. The minimum absolute atomic E-state index is 0.0227. The van der Waals surface area contributed by atoms with Crippen molar-refractivity contribution in [3.05, 3.63) is 124 Å². The number of carbonyl (C=O) groups is 3. The van der Waals surface area contributed by atoms with E-state index in [2.05, 4.69) is 29.2 Å². The van der Waals surface area contributed by atoms with Crippen LogP contribution in [-0.4, -0.2) is 41.7 Å². The molecule has 0 fully saturated rings. The first-order chi connectivity index (χ1) is 20.6. The molecule has 2 aromatic carbocycles. The number of aromatic nitrogens is 1. The minimum atomic E-state index is -0.936. The minimum Gasteiger partial charge on any atom is -0.482 e. The summed E-state index contributed by atoms with van der Waals surface area (Å²) in [5.41, 5.74) is 1.60. The SMILES string of the molecule is C=CCCOC(=O)CNn1cc(C(=O)NCc2ccc(F)cc2F)c(=O)c(OCc2ccccc2)c1C(=O)N[C@@H](C)C=C. The maximum absolute atomic E-state index is 14.1. The summed E-state index contributed by atoms with van der Waals surface area (Å²) in [4.78, 5) is 52.5. The second-order valence-corrected chi connectivity index (χ2v) is 9.24. The van der Waals surface area contributed by atoms with Gasteiger partial charge in [-0.1, -0.05) is 48.6 Å². The van der Waals surface area contributed by atoms with Crippen molar-refractivity contribution in [1.82, 2.24) is 15.3 Å². The van der Waals surface area contributed by atoms with Gasteiger partial charge in [-0.25, -0.2) is 8.78 Å². The van der Waals surface area contributed by atoms with Crippen LogP contribution in [0.15, 0.2) is 84.8 Å². The Bertz CT molecular complexity index is 1540. The van der Waals surface area contributed by atoms with E-state index in [1.807, 2.05) is 0 Å². The van der Waals surface area contributed by atoms with Crippen molar-refractivity contribution in [2.45, 2.75) is 32.5 Å². The van der Waals surface area contributed by atoms with E-state index < -0.39 is 58.7 Å². The maximum atomic E-state index is 14.1. The van der Waals surface area contributed by atoms with Gasteiger partial charge in [0.05, 0.1) is 6.61 Å². The molecule has 0 unspecified atom stereocenters. The monoisotopic (exact) mass is 594 g/mol. The predicted octanol–water partition coefficient (Wildman–Crippen LogP) is 3.60. The van der Waals surface area contributed by atoms with E-state index in [1.165, 1.54) is 6.08 Å². The van der Waals surface area contributed by atoms with Gasteiger partial charge in [-0.3, -0.25) is 23.9 Å². The highest BCUT2D eigenvalue weighted by atomic mass is 19.1. The number of amides is 2. The normalized spacial score (nSPS) is 11.1. The number of hydrogen-bond donors (Lipinski definition) is 3. The Hall–Kier alpha value is -5.26. The highest BCUT2D eigenvalue weighted by molar-refractivity contribution is 5.99. The summed E-state index contributed by atoms with van der Waals surface area (Å²) in [5.74, 6) is -4.54. The Morgan fingerprint density at radius 1 is 1.07 bits per heavy atom. The Morgan fingerprint density at radius 3 is 2.49 bits per heavy atom. The zero-order valence-corrected chi connectivity index (χ0v) is 23.5.